The summed E-state index contributed by atoms with van der Waals surface area (Å²) < 4.78 is 2.68. The van der Waals surface area contributed by atoms with Crippen molar-refractivity contribution in [3.05, 3.63) is 11.1 Å². The van der Waals surface area contributed by atoms with E-state index in [0.717, 1.165) is 0 Å². The summed E-state index contributed by atoms with van der Waals surface area (Å²) >= 11 is 0. The molecule has 0 fully saturated rings. The van der Waals surface area contributed by atoms with Gasteiger partial charge in [-0.2, -0.15) is 0 Å². The minimum absolute atomic E-state index is 1.28. The maximum absolute atomic E-state index is 7.66. The third kappa shape index (κ3) is 1.67. The number of hydrogen-bond donors (Lipinski definition) is 1. The van der Waals surface area contributed by atoms with Crippen LogP contribution < -0.4 is 0 Å². The van der Waals surface area contributed by atoms with Gasteiger partial charge < -0.3 is 9.31 Å². The summed E-state index contributed by atoms with van der Waals surface area (Å²) in [4.78, 5) is 7.66. The predicted octanol–water partition coefficient (Wildman–Crippen LogP) is -1.10. The van der Waals surface area contributed by atoms with Crippen LogP contribution in [0.4, 0.5) is 0 Å². The quantitative estimate of drug-likeness (QED) is 0.285. The van der Waals surface area contributed by atoms with Crippen LogP contribution in [0.1, 0.15) is 0 Å². The van der Waals surface area contributed by atoms with Crippen molar-refractivity contribution in [3.8, 4) is 0 Å². The Morgan fingerprint density at radius 3 is 2.25 bits per heavy atom. The third-order valence-corrected chi connectivity index (χ3v) is 0.212. The monoisotopic (exact) mass is 73.0 g/mol. The Kier molecular flexibility index (Phi) is 2.44. The number of rotatable bonds is 0. The summed E-state index contributed by atoms with van der Waals surface area (Å²) in [5, 5.41) is 0. The van der Waals surface area contributed by atoms with Gasteiger partial charge in [-0.25, -0.2) is 0 Å². The van der Waals surface area contributed by atoms with Crippen LogP contribution in [-0.4, -0.2) is 14.7 Å². The molecule has 0 amide bonds. The lowest BCUT2D eigenvalue weighted by atomic mass is 11.9. The normalized spacial score (nSPS) is 8.00. The van der Waals surface area contributed by atoms with E-state index in [0.29, 0.717) is 0 Å². The molecule has 0 aromatic carbocycles. The van der Waals surface area contributed by atoms with Crippen molar-refractivity contribution in [2.45, 2.75) is 0 Å². The highest BCUT2D eigenvalue weighted by Crippen LogP contribution is 1.39. The summed E-state index contributed by atoms with van der Waals surface area (Å²) in [6, 6.07) is 0. The smallest absolute Gasteiger partial charge is 0.391 e. The average Bonchev–Trinajstić information content (AvgIpc) is 1.37. The molecule has 0 bridgehead atoms. The van der Waals surface area contributed by atoms with Crippen molar-refractivity contribution in [1.82, 2.24) is 0 Å². The van der Waals surface area contributed by atoms with Gasteiger partial charge in [0.15, 0.2) is 0 Å². The van der Waals surface area contributed by atoms with Gasteiger partial charge in [-0.3, -0.25) is 6.57 Å². The van der Waals surface area contributed by atoms with Crippen LogP contribution in [0, 0.1) is 6.57 Å². The number of hydrogen-bond acceptors (Lipinski definition) is 1. The van der Waals surface area contributed by atoms with E-state index in [9.17, 15) is 0 Å². The van der Waals surface area contributed by atoms with Gasteiger partial charge in [0.05, 0.1) is 0 Å². The predicted molar refractivity (Wildman–Crippen MR) is 17.4 cm³/mol. The lowest BCUT2D eigenvalue weighted by Gasteiger charge is -1.50. The van der Waals surface area contributed by atoms with Gasteiger partial charge in [-0.15, -0.1) is 0 Å². The Bertz CT molecular complexity index is 37.8. The summed E-state index contributed by atoms with van der Waals surface area (Å²) in [6.45, 7) is 5.89. The van der Waals surface area contributed by atoms with Crippen LogP contribution in [0.3, 0.4) is 0 Å². The summed E-state index contributed by atoms with van der Waals surface area (Å²) in [5.41, 5.74) is 0. The fourth-order valence-corrected chi connectivity index (χ4v) is 0. The molecule has 0 saturated heterocycles. The molecule has 0 unspecified atom stereocenters. The van der Waals surface area contributed by atoms with E-state index in [-0.39, 0.29) is 0 Å². The summed E-state index contributed by atoms with van der Waals surface area (Å²) in [5.74, 6) is 0. The van der Waals surface area contributed by atoms with Crippen LogP contribution >= 0.6 is 0 Å². The van der Waals surface area contributed by atoms with Crippen molar-refractivity contribution in [3.63, 3.8) is 0 Å². The van der Waals surface area contributed by atoms with Crippen LogP contribution in [0.5, 0.6) is 0 Å². The largest absolute Gasteiger partial charge is 0.565 e. The molecule has 0 radical (unpaired) electrons. The average molecular weight is 73.1 g/mol. The van der Waals surface area contributed by atoms with Crippen LogP contribution in [0.25, 0.3) is 4.51 Å². The van der Waals surface area contributed by atoms with Crippen molar-refractivity contribution < 1.29 is 4.80 Å². The van der Waals surface area contributed by atoms with Crippen molar-refractivity contribution in [2.24, 2.45) is 0 Å². The SMILES string of the molecule is [C-]#[N+][SiH2]O. The molecule has 0 heterocycles. The number of nitrogens with zero attached hydrogens (tertiary/aromatic N) is 1. The molecule has 0 aliphatic heterocycles. The minimum Gasteiger partial charge on any atom is -0.391 e. The summed E-state index contributed by atoms with van der Waals surface area (Å²) in [7, 11) is -1.28. The molecule has 0 atom stereocenters. The van der Waals surface area contributed by atoms with Crippen molar-refractivity contribution in [1.29, 1.82) is 0 Å². The first-order chi connectivity index (χ1) is 1.91. The highest BCUT2D eigenvalue weighted by atomic mass is 28.2. The van der Waals surface area contributed by atoms with Crippen molar-refractivity contribution in [2.75, 3.05) is 0 Å². The van der Waals surface area contributed by atoms with Gasteiger partial charge >= 0.3 is 9.92 Å². The zero-order chi connectivity index (χ0) is 3.41. The Labute approximate surface area is 26.9 Å². The topological polar surface area (TPSA) is 24.6 Å². The maximum atomic E-state index is 7.66. The van der Waals surface area contributed by atoms with Gasteiger partial charge in [-0.1, -0.05) is 0 Å². The zero-order valence-corrected chi connectivity index (χ0v) is 3.52. The van der Waals surface area contributed by atoms with Gasteiger partial charge in [0.25, 0.3) is 0 Å². The highest BCUT2D eigenvalue weighted by Gasteiger charge is 1.62. The van der Waals surface area contributed by atoms with Crippen LogP contribution in [0.2, 0.25) is 0 Å². The van der Waals surface area contributed by atoms with E-state index >= 15 is 0 Å². The molecule has 0 aromatic heterocycles. The van der Waals surface area contributed by atoms with Crippen LogP contribution in [-0.2, 0) is 0 Å². The second-order valence-corrected chi connectivity index (χ2v) is 0.899. The molecular weight excluding hydrogens is 70.1 g/mol. The molecule has 3 heteroatoms. The van der Waals surface area contributed by atoms with Gasteiger partial charge in [0.1, 0.15) is 0 Å². The summed E-state index contributed by atoms with van der Waals surface area (Å²) in [6.07, 6.45) is 0. The van der Waals surface area contributed by atoms with E-state index in [2.05, 4.69) is 4.51 Å². The first-order valence-corrected chi connectivity index (χ1v) is 2.12. The molecule has 22 valence electrons. The lowest BCUT2D eigenvalue weighted by molar-refractivity contribution is 0.614. The van der Waals surface area contributed by atoms with E-state index in [4.69, 9.17) is 11.4 Å². The minimum atomic E-state index is -1.28. The zero-order valence-electron chi connectivity index (χ0n) is 2.10. The Morgan fingerprint density at radius 1 is 2.00 bits per heavy atom. The highest BCUT2D eigenvalue weighted by molar-refractivity contribution is 6.29. The second-order valence-electron chi connectivity index (χ2n) is 0.300. The first kappa shape index (κ1) is 3.67. The van der Waals surface area contributed by atoms with Crippen LogP contribution in [0.15, 0.2) is 0 Å². The Balaban J connectivity index is 2.43. The van der Waals surface area contributed by atoms with E-state index in [1.54, 1.807) is 0 Å². The third-order valence-electron chi connectivity index (χ3n) is 0.0707. The molecule has 1 N–H and O–H groups in total. The molecular formula is CH3NOSi. The maximum Gasteiger partial charge on any atom is 0.565 e. The molecule has 0 aliphatic rings. The molecule has 2 nitrogen and oxygen atoms in total. The molecule has 4 heavy (non-hydrogen) atoms. The fourth-order valence-electron chi connectivity index (χ4n) is 0. The standard InChI is InChI=1S/CH3NOSi/c1-2-4-3/h3H,4H2. The second kappa shape index (κ2) is 2.67. The lowest BCUT2D eigenvalue weighted by Crippen LogP contribution is -1.67. The van der Waals surface area contributed by atoms with E-state index < -0.39 is 9.92 Å². The molecule has 0 spiro atoms. The Morgan fingerprint density at radius 2 is 2.25 bits per heavy atom. The Hall–Kier alpha value is -0.333. The fraction of sp³-hybridized carbons (Fsp3) is 0. The van der Waals surface area contributed by atoms with E-state index in [1.165, 1.54) is 0 Å². The van der Waals surface area contributed by atoms with Gasteiger partial charge in [-0.05, 0) is 0 Å². The van der Waals surface area contributed by atoms with Crippen molar-refractivity contribution >= 4 is 9.92 Å². The molecule has 0 rings (SSSR count). The van der Waals surface area contributed by atoms with Gasteiger partial charge in [0, 0.05) is 0 Å². The molecule has 0 aliphatic carbocycles. The first-order valence-electron chi connectivity index (χ1n) is 0.856. The van der Waals surface area contributed by atoms with Gasteiger partial charge in [0.2, 0.25) is 0 Å². The molecule has 0 saturated carbocycles. The van der Waals surface area contributed by atoms with E-state index in [1.807, 2.05) is 0 Å². The molecule has 0 aromatic rings.